The standard InChI is InChI=1S/C23H21N3O4/c1-27-22-24-10-15(11-25-22)12-26-13-23(16-4-2-3-5-18(16)26)14-30-19-9-21-20(8-17(19)23)28-6-7-29-21/h2-5,8-11H,6-7,12-14H2,1H3. The summed E-state index contributed by atoms with van der Waals surface area (Å²) in [4.78, 5) is 10.9. The molecule has 7 nitrogen and oxygen atoms in total. The fourth-order valence-electron chi connectivity index (χ4n) is 4.74. The molecule has 0 radical (unpaired) electrons. The van der Waals surface area contributed by atoms with E-state index in [0.717, 1.165) is 34.9 Å². The third-order valence-corrected chi connectivity index (χ3v) is 6.09. The first-order chi connectivity index (χ1) is 14.8. The second-order valence-corrected chi connectivity index (χ2v) is 7.81. The first-order valence-electron chi connectivity index (χ1n) is 10.0. The van der Waals surface area contributed by atoms with Crippen LogP contribution < -0.4 is 23.8 Å². The van der Waals surface area contributed by atoms with Crippen molar-refractivity contribution in [3.05, 3.63) is 65.5 Å². The van der Waals surface area contributed by atoms with E-state index in [9.17, 15) is 0 Å². The van der Waals surface area contributed by atoms with Gasteiger partial charge in [0.05, 0.1) is 12.5 Å². The largest absolute Gasteiger partial charge is 0.492 e. The summed E-state index contributed by atoms with van der Waals surface area (Å²) in [6.45, 7) is 3.25. The third kappa shape index (κ3) is 2.51. The quantitative estimate of drug-likeness (QED) is 0.666. The van der Waals surface area contributed by atoms with Gasteiger partial charge in [0.1, 0.15) is 25.6 Å². The number of nitrogens with zero attached hydrogens (tertiary/aromatic N) is 3. The van der Waals surface area contributed by atoms with Gasteiger partial charge in [0.15, 0.2) is 11.5 Å². The minimum absolute atomic E-state index is 0.241. The van der Waals surface area contributed by atoms with E-state index in [1.165, 1.54) is 11.3 Å². The van der Waals surface area contributed by atoms with Gasteiger partial charge in [-0.2, -0.15) is 0 Å². The molecule has 1 spiro atoms. The Balaban J connectivity index is 1.40. The second-order valence-electron chi connectivity index (χ2n) is 7.81. The van der Waals surface area contributed by atoms with Crippen molar-refractivity contribution in [2.45, 2.75) is 12.0 Å². The lowest BCUT2D eigenvalue weighted by Crippen LogP contribution is -2.36. The lowest BCUT2D eigenvalue weighted by Gasteiger charge is -2.26. The van der Waals surface area contributed by atoms with Crippen LogP contribution in [0, 0.1) is 0 Å². The zero-order valence-electron chi connectivity index (χ0n) is 16.6. The normalized spacial score (nSPS) is 20.6. The van der Waals surface area contributed by atoms with Gasteiger partial charge >= 0.3 is 6.01 Å². The highest BCUT2D eigenvalue weighted by atomic mass is 16.6. The maximum atomic E-state index is 6.18. The Morgan fingerprint density at radius 2 is 1.73 bits per heavy atom. The topological polar surface area (TPSA) is 65.9 Å². The molecule has 1 unspecified atom stereocenters. The summed E-state index contributed by atoms with van der Waals surface area (Å²) in [5, 5.41) is 0. The van der Waals surface area contributed by atoms with Crippen LogP contribution in [-0.4, -0.2) is 43.4 Å². The Bertz CT molecular complexity index is 1120. The maximum Gasteiger partial charge on any atom is 0.316 e. The number of hydrogen-bond acceptors (Lipinski definition) is 7. The number of ether oxygens (including phenoxy) is 4. The zero-order valence-corrected chi connectivity index (χ0v) is 16.6. The maximum absolute atomic E-state index is 6.18. The van der Waals surface area contributed by atoms with Gasteiger partial charge in [-0.25, -0.2) is 9.97 Å². The number of hydrogen-bond donors (Lipinski definition) is 0. The molecule has 0 N–H and O–H groups in total. The summed E-state index contributed by atoms with van der Waals surface area (Å²) in [6, 6.07) is 13.0. The predicted molar refractivity (Wildman–Crippen MR) is 110 cm³/mol. The van der Waals surface area contributed by atoms with Gasteiger partial charge in [-0.05, 0) is 17.7 Å². The van der Waals surface area contributed by atoms with Crippen molar-refractivity contribution in [1.82, 2.24) is 9.97 Å². The average Bonchev–Trinajstić information content (AvgIpc) is 3.31. The summed E-state index contributed by atoms with van der Waals surface area (Å²) in [5.74, 6) is 2.43. The van der Waals surface area contributed by atoms with Crippen LogP contribution in [-0.2, 0) is 12.0 Å². The fraction of sp³-hybridized carbons (Fsp3) is 0.304. The fourth-order valence-corrected chi connectivity index (χ4v) is 4.74. The lowest BCUT2D eigenvalue weighted by molar-refractivity contribution is 0.171. The Morgan fingerprint density at radius 1 is 0.967 bits per heavy atom. The van der Waals surface area contributed by atoms with E-state index >= 15 is 0 Å². The molecular weight excluding hydrogens is 382 g/mol. The van der Waals surface area contributed by atoms with Crippen molar-refractivity contribution >= 4 is 5.69 Å². The highest BCUT2D eigenvalue weighted by molar-refractivity contribution is 5.70. The van der Waals surface area contributed by atoms with Crippen molar-refractivity contribution in [3.63, 3.8) is 0 Å². The first kappa shape index (κ1) is 17.4. The van der Waals surface area contributed by atoms with Crippen LogP contribution in [0.2, 0.25) is 0 Å². The molecular formula is C23H21N3O4. The molecule has 0 amide bonds. The van der Waals surface area contributed by atoms with Crippen molar-refractivity contribution in [1.29, 1.82) is 0 Å². The smallest absolute Gasteiger partial charge is 0.316 e. The third-order valence-electron chi connectivity index (χ3n) is 6.09. The summed E-state index contributed by atoms with van der Waals surface area (Å²) in [7, 11) is 1.57. The number of benzene rings is 2. The molecule has 1 aromatic heterocycles. The molecule has 6 rings (SSSR count). The molecule has 2 aromatic carbocycles. The molecule has 4 heterocycles. The second kappa shape index (κ2) is 6.52. The Labute approximate surface area is 174 Å². The molecule has 30 heavy (non-hydrogen) atoms. The molecule has 152 valence electrons. The molecule has 0 saturated carbocycles. The molecule has 3 aliphatic heterocycles. The Morgan fingerprint density at radius 3 is 2.53 bits per heavy atom. The van der Waals surface area contributed by atoms with Gasteiger partial charge in [0.2, 0.25) is 0 Å². The van der Waals surface area contributed by atoms with E-state index in [4.69, 9.17) is 18.9 Å². The van der Waals surface area contributed by atoms with E-state index in [1.54, 1.807) is 7.11 Å². The van der Waals surface area contributed by atoms with Crippen LogP contribution in [0.4, 0.5) is 5.69 Å². The monoisotopic (exact) mass is 403 g/mol. The molecule has 7 heteroatoms. The molecule has 0 bridgehead atoms. The van der Waals surface area contributed by atoms with Crippen molar-refractivity contribution < 1.29 is 18.9 Å². The van der Waals surface area contributed by atoms with Crippen LogP contribution >= 0.6 is 0 Å². The number of fused-ring (bicyclic) bond motifs is 5. The summed E-state index contributed by atoms with van der Waals surface area (Å²) in [6.07, 6.45) is 3.64. The SMILES string of the molecule is COc1ncc(CN2CC3(COc4cc5c(cc43)OCCO5)c3ccccc32)cn1. The van der Waals surface area contributed by atoms with E-state index in [2.05, 4.69) is 45.2 Å². The average molecular weight is 403 g/mol. The minimum atomic E-state index is -0.241. The summed E-state index contributed by atoms with van der Waals surface area (Å²) in [5.41, 5.74) is 4.43. The molecule has 0 aliphatic carbocycles. The zero-order chi connectivity index (χ0) is 20.1. The summed E-state index contributed by atoms with van der Waals surface area (Å²) >= 11 is 0. The van der Waals surface area contributed by atoms with Crippen LogP contribution in [0.25, 0.3) is 0 Å². The number of methoxy groups -OCH3 is 1. The van der Waals surface area contributed by atoms with Crippen molar-refractivity contribution in [2.24, 2.45) is 0 Å². The van der Waals surface area contributed by atoms with Gasteiger partial charge < -0.3 is 23.8 Å². The van der Waals surface area contributed by atoms with Gasteiger partial charge in [-0.3, -0.25) is 0 Å². The Kier molecular flexibility index (Phi) is 3.78. The van der Waals surface area contributed by atoms with Crippen LogP contribution in [0.5, 0.6) is 23.3 Å². The molecule has 0 saturated heterocycles. The number of rotatable bonds is 3. The van der Waals surface area contributed by atoms with Crippen molar-refractivity contribution in [3.8, 4) is 23.3 Å². The van der Waals surface area contributed by atoms with E-state index in [0.29, 0.717) is 32.4 Å². The highest BCUT2D eigenvalue weighted by Crippen LogP contribution is 2.54. The van der Waals surface area contributed by atoms with Crippen LogP contribution in [0.3, 0.4) is 0 Å². The molecule has 3 aromatic rings. The minimum Gasteiger partial charge on any atom is -0.492 e. The van der Waals surface area contributed by atoms with Gasteiger partial charge in [-0.1, -0.05) is 18.2 Å². The number of aromatic nitrogens is 2. The Hall–Kier alpha value is -3.48. The predicted octanol–water partition coefficient (Wildman–Crippen LogP) is 2.96. The summed E-state index contributed by atoms with van der Waals surface area (Å²) < 4.78 is 22.9. The molecule has 1 atom stereocenters. The van der Waals surface area contributed by atoms with Gasteiger partial charge in [0.25, 0.3) is 0 Å². The first-order valence-corrected chi connectivity index (χ1v) is 10.0. The number of para-hydroxylation sites is 1. The number of anilines is 1. The van der Waals surface area contributed by atoms with Gasteiger partial charge in [0, 0.05) is 48.4 Å². The molecule has 0 fully saturated rings. The van der Waals surface area contributed by atoms with Crippen LogP contribution in [0.15, 0.2) is 48.8 Å². The van der Waals surface area contributed by atoms with Gasteiger partial charge in [-0.15, -0.1) is 0 Å². The van der Waals surface area contributed by atoms with Crippen molar-refractivity contribution in [2.75, 3.05) is 38.4 Å². The van der Waals surface area contributed by atoms with E-state index < -0.39 is 0 Å². The van der Waals surface area contributed by atoms with E-state index in [1.807, 2.05) is 18.5 Å². The molecule has 3 aliphatic rings. The van der Waals surface area contributed by atoms with Crippen LogP contribution in [0.1, 0.15) is 16.7 Å². The lowest BCUT2D eigenvalue weighted by atomic mass is 9.77. The van der Waals surface area contributed by atoms with E-state index in [-0.39, 0.29) is 5.41 Å². The highest BCUT2D eigenvalue weighted by Gasteiger charge is 2.50.